The van der Waals surface area contributed by atoms with Crippen molar-refractivity contribution in [1.29, 1.82) is 0 Å². The Kier molecular flexibility index (Phi) is 6.24. The molecular weight excluding hydrogens is 204 g/mol. The van der Waals surface area contributed by atoms with Crippen LogP contribution in [0.15, 0.2) is 0 Å². The van der Waals surface area contributed by atoms with Gasteiger partial charge in [0, 0.05) is 0 Å². The van der Waals surface area contributed by atoms with Gasteiger partial charge in [-0.05, 0) is 12.8 Å². The molecule has 0 saturated carbocycles. The number of carboxylic acid groups (broad SMARTS) is 1. The Bertz CT molecular complexity index is 213. The Balaban J connectivity index is 0.000000262. The number of rotatable bonds is 2. The molecule has 1 heterocycles. The summed E-state index contributed by atoms with van der Waals surface area (Å²) in [7, 11) is 0. The van der Waals surface area contributed by atoms with E-state index in [1.165, 1.54) is 0 Å². The van der Waals surface area contributed by atoms with Gasteiger partial charge in [0.2, 0.25) is 0 Å². The summed E-state index contributed by atoms with van der Waals surface area (Å²) in [6.07, 6.45) is -1.79. The molecule has 1 N–H and O–H groups in total. The van der Waals surface area contributed by atoms with E-state index in [1.807, 2.05) is 13.8 Å². The molecule has 1 aliphatic heterocycles. The molecule has 88 valence electrons. The van der Waals surface area contributed by atoms with E-state index in [0.717, 1.165) is 0 Å². The van der Waals surface area contributed by atoms with Gasteiger partial charge in [-0.3, -0.25) is 0 Å². The predicted molar refractivity (Wildman–Crippen MR) is 50.7 cm³/mol. The fourth-order valence-electron chi connectivity index (χ4n) is 0.656. The molecule has 0 aromatic heterocycles. The van der Waals surface area contributed by atoms with Crippen molar-refractivity contribution in [2.45, 2.75) is 26.9 Å². The van der Waals surface area contributed by atoms with Crippen LogP contribution in [0.1, 0.15) is 20.8 Å². The summed E-state index contributed by atoms with van der Waals surface area (Å²) in [4.78, 5) is 19.7. The van der Waals surface area contributed by atoms with Crippen molar-refractivity contribution in [2.75, 3.05) is 13.2 Å². The van der Waals surface area contributed by atoms with E-state index in [4.69, 9.17) is 5.11 Å². The Hall–Kier alpha value is -1.46. The first-order chi connectivity index (χ1) is 6.91. The van der Waals surface area contributed by atoms with Crippen LogP contribution < -0.4 is 0 Å². The summed E-state index contributed by atoms with van der Waals surface area (Å²) in [6, 6.07) is 0. The molecule has 0 spiro atoms. The van der Waals surface area contributed by atoms with Crippen LogP contribution in [-0.2, 0) is 14.2 Å². The van der Waals surface area contributed by atoms with Gasteiger partial charge >= 0.3 is 12.3 Å². The third kappa shape index (κ3) is 8.86. The monoisotopic (exact) mass is 220 g/mol. The largest absolute Gasteiger partial charge is 0.508 e. The molecule has 0 aromatic rings. The molecule has 1 unspecified atom stereocenters. The minimum atomic E-state index is -1.20. The molecule has 1 saturated heterocycles. The van der Waals surface area contributed by atoms with Crippen molar-refractivity contribution in [3.8, 4) is 0 Å². The van der Waals surface area contributed by atoms with Crippen LogP contribution in [0.2, 0.25) is 0 Å². The van der Waals surface area contributed by atoms with Crippen molar-refractivity contribution in [3.05, 3.63) is 0 Å². The highest BCUT2D eigenvalue weighted by atomic mass is 16.8. The third-order valence-electron chi connectivity index (χ3n) is 1.27. The number of carbonyl (C=O) groups is 2. The zero-order valence-electron chi connectivity index (χ0n) is 9.06. The molecule has 1 fully saturated rings. The Morgan fingerprint density at radius 1 is 1.67 bits per heavy atom. The van der Waals surface area contributed by atoms with Crippen molar-refractivity contribution in [1.82, 2.24) is 0 Å². The topological polar surface area (TPSA) is 82.1 Å². The lowest BCUT2D eigenvalue weighted by Gasteiger charge is -2.00. The van der Waals surface area contributed by atoms with Gasteiger partial charge < -0.3 is 19.3 Å². The molecular formula is C9H16O6. The van der Waals surface area contributed by atoms with Crippen LogP contribution >= 0.6 is 0 Å². The smallest absolute Gasteiger partial charge is 0.450 e. The highest BCUT2D eigenvalue weighted by molar-refractivity contribution is 5.61. The lowest BCUT2D eigenvalue weighted by atomic mass is 10.2. The van der Waals surface area contributed by atoms with E-state index in [-0.39, 0.29) is 18.6 Å². The van der Waals surface area contributed by atoms with E-state index in [0.29, 0.717) is 6.61 Å². The second-order valence-electron chi connectivity index (χ2n) is 3.46. The molecule has 1 aliphatic rings. The van der Waals surface area contributed by atoms with Gasteiger partial charge in [-0.2, -0.15) is 0 Å². The molecule has 1 rings (SSSR count). The van der Waals surface area contributed by atoms with Gasteiger partial charge in [-0.25, -0.2) is 9.59 Å². The summed E-state index contributed by atoms with van der Waals surface area (Å²) in [5.74, 6) is 0.283. The van der Waals surface area contributed by atoms with Crippen LogP contribution in [0.5, 0.6) is 0 Å². The SMILES string of the molecule is CC(C)COC(=O)O.CC1COC(=O)O1. The number of ether oxygens (including phenoxy) is 3. The predicted octanol–water partition coefficient (Wildman–Crippen LogP) is 1.88. The lowest BCUT2D eigenvalue weighted by molar-refractivity contribution is 0.0814. The van der Waals surface area contributed by atoms with Gasteiger partial charge in [0.05, 0.1) is 6.61 Å². The van der Waals surface area contributed by atoms with Crippen molar-refractivity contribution in [2.24, 2.45) is 5.92 Å². The van der Waals surface area contributed by atoms with Crippen LogP contribution in [0.25, 0.3) is 0 Å². The van der Waals surface area contributed by atoms with E-state index in [9.17, 15) is 9.59 Å². The standard InChI is InChI=1S/C5H10O3.C4H6O3/c1-4(2)3-8-5(6)7;1-3-2-6-4(5)7-3/h4H,3H2,1-2H3,(H,6,7);3H,2H2,1H3. The number of cyclic esters (lactones) is 2. The van der Waals surface area contributed by atoms with Gasteiger partial charge in [-0.15, -0.1) is 0 Å². The number of carbonyl (C=O) groups excluding carboxylic acids is 1. The zero-order chi connectivity index (χ0) is 11.8. The number of hydrogen-bond acceptors (Lipinski definition) is 5. The molecule has 0 aliphatic carbocycles. The van der Waals surface area contributed by atoms with E-state index >= 15 is 0 Å². The molecule has 1 atom stereocenters. The molecule has 6 nitrogen and oxygen atoms in total. The highest BCUT2D eigenvalue weighted by Crippen LogP contribution is 2.02. The average Bonchev–Trinajstić information content (AvgIpc) is 2.47. The average molecular weight is 220 g/mol. The fraction of sp³-hybridized carbons (Fsp3) is 0.778. The molecule has 0 bridgehead atoms. The van der Waals surface area contributed by atoms with Gasteiger partial charge in [0.1, 0.15) is 12.7 Å². The number of hydrogen-bond donors (Lipinski definition) is 1. The van der Waals surface area contributed by atoms with Crippen LogP contribution in [-0.4, -0.2) is 36.7 Å². The minimum absolute atomic E-state index is 0.0486. The first-order valence-electron chi connectivity index (χ1n) is 4.61. The second-order valence-corrected chi connectivity index (χ2v) is 3.46. The van der Waals surface area contributed by atoms with E-state index < -0.39 is 12.3 Å². The van der Waals surface area contributed by atoms with Crippen LogP contribution in [0.3, 0.4) is 0 Å². The zero-order valence-corrected chi connectivity index (χ0v) is 9.06. The van der Waals surface area contributed by atoms with E-state index in [2.05, 4.69) is 14.2 Å². The highest BCUT2D eigenvalue weighted by Gasteiger charge is 2.19. The lowest BCUT2D eigenvalue weighted by Crippen LogP contribution is -2.06. The quantitative estimate of drug-likeness (QED) is 0.715. The van der Waals surface area contributed by atoms with Crippen LogP contribution in [0, 0.1) is 5.92 Å². The fourth-order valence-corrected chi connectivity index (χ4v) is 0.656. The van der Waals surface area contributed by atoms with Crippen molar-refractivity contribution >= 4 is 12.3 Å². The summed E-state index contributed by atoms with van der Waals surface area (Å²) in [5, 5.41) is 7.94. The minimum Gasteiger partial charge on any atom is -0.450 e. The summed E-state index contributed by atoms with van der Waals surface area (Å²) < 4.78 is 13.1. The summed E-state index contributed by atoms with van der Waals surface area (Å²) >= 11 is 0. The van der Waals surface area contributed by atoms with Crippen molar-refractivity contribution in [3.63, 3.8) is 0 Å². The molecule has 0 amide bonds. The van der Waals surface area contributed by atoms with E-state index in [1.54, 1.807) is 6.92 Å². The molecule has 0 aromatic carbocycles. The molecule has 6 heteroatoms. The molecule has 0 radical (unpaired) electrons. The van der Waals surface area contributed by atoms with Gasteiger partial charge in [-0.1, -0.05) is 13.8 Å². The first kappa shape index (κ1) is 13.5. The normalized spacial score (nSPS) is 18.7. The Morgan fingerprint density at radius 3 is 2.40 bits per heavy atom. The van der Waals surface area contributed by atoms with Crippen molar-refractivity contribution < 1.29 is 28.9 Å². The summed E-state index contributed by atoms with van der Waals surface area (Å²) in [6.45, 7) is 6.25. The van der Waals surface area contributed by atoms with Gasteiger partial charge in [0.15, 0.2) is 0 Å². The second kappa shape index (κ2) is 6.92. The maximum atomic E-state index is 10.0. The van der Waals surface area contributed by atoms with Gasteiger partial charge in [0.25, 0.3) is 0 Å². The Morgan fingerprint density at radius 2 is 2.27 bits per heavy atom. The Labute approximate surface area is 88.1 Å². The first-order valence-corrected chi connectivity index (χ1v) is 4.61. The maximum Gasteiger partial charge on any atom is 0.508 e. The maximum absolute atomic E-state index is 10.0. The third-order valence-corrected chi connectivity index (χ3v) is 1.27. The molecule has 15 heavy (non-hydrogen) atoms. The van der Waals surface area contributed by atoms with Crippen LogP contribution in [0.4, 0.5) is 9.59 Å². The summed E-state index contributed by atoms with van der Waals surface area (Å²) in [5.41, 5.74) is 0.